The fourth-order valence-corrected chi connectivity index (χ4v) is 5.35. The molecular weight excluding hydrogens is 376 g/mol. The quantitative estimate of drug-likeness (QED) is 0.703. The number of hydrogen-bond donors (Lipinski definition) is 3. The van der Waals surface area contributed by atoms with Crippen molar-refractivity contribution in [1.82, 2.24) is 5.32 Å². The highest BCUT2D eigenvalue weighted by Crippen LogP contribution is 2.40. The molecule has 3 saturated carbocycles. The van der Waals surface area contributed by atoms with Crippen LogP contribution in [0, 0.1) is 11.8 Å². The van der Waals surface area contributed by atoms with Crippen molar-refractivity contribution in [2.75, 3.05) is 10.6 Å². The Morgan fingerprint density at radius 3 is 2.39 bits per heavy atom. The zero-order valence-corrected chi connectivity index (χ0v) is 16.6. The van der Waals surface area contributed by atoms with Gasteiger partial charge in [-0.25, -0.2) is 0 Å². The first-order chi connectivity index (χ1) is 13.5. The third-order valence-corrected chi connectivity index (χ3v) is 7.45. The number of nitrogens with one attached hydrogen (secondary N) is 3. The number of rotatable bonds is 5. The van der Waals surface area contributed by atoms with E-state index < -0.39 is 10.0 Å². The lowest BCUT2D eigenvalue weighted by Gasteiger charge is -2.31. The third-order valence-electron chi connectivity index (χ3n) is 6.12. The first-order valence-corrected chi connectivity index (χ1v) is 11.8. The van der Waals surface area contributed by atoms with Crippen LogP contribution in [0.1, 0.15) is 51.4 Å². The maximum atomic E-state index is 12.6. The molecule has 28 heavy (non-hydrogen) atoms. The number of nitrogens with zero attached hydrogens (tertiary/aromatic N) is 1. The number of amides is 1. The Kier molecular flexibility index (Phi) is 4.34. The number of amidine groups is 1. The smallest absolute Gasteiger partial charge is 0.286 e. The summed E-state index contributed by atoms with van der Waals surface area (Å²) >= 11 is 0. The lowest BCUT2D eigenvalue weighted by molar-refractivity contribution is -0.123. The number of anilines is 2. The van der Waals surface area contributed by atoms with Gasteiger partial charge in [0.25, 0.3) is 10.0 Å². The van der Waals surface area contributed by atoms with E-state index >= 15 is 0 Å². The second kappa shape index (κ2) is 6.76. The predicted molar refractivity (Wildman–Crippen MR) is 108 cm³/mol. The summed E-state index contributed by atoms with van der Waals surface area (Å²) in [5.74, 6) is 1.28. The lowest BCUT2D eigenvalue weighted by atomic mass is 9.90. The van der Waals surface area contributed by atoms with Gasteiger partial charge >= 0.3 is 0 Å². The summed E-state index contributed by atoms with van der Waals surface area (Å²) in [5, 5.41) is 10.00. The van der Waals surface area contributed by atoms with Gasteiger partial charge in [0.15, 0.2) is 0 Å². The van der Waals surface area contributed by atoms with Crippen LogP contribution < -0.4 is 16.0 Å². The van der Waals surface area contributed by atoms with Crippen LogP contribution >= 0.6 is 0 Å². The minimum Gasteiger partial charge on any atom is -0.381 e. The zero-order valence-electron chi connectivity index (χ0n) is 15.8. The molecule has 1 aliphatic heterocycles. The fourth-order valence-electron chi connectivity index (χ4n) is 4.12. The Morgan fingerprint density at radius 1 is 1.00 bits per heavy atom. The third kappa shape index (κ3) is 3.62. The van der Waals surface area contributed by atoms with Gasteiger partial charge in [0.05, 0.1) is 11.4 Å². The van der Waals surface area contributed by atoms with Crippen LogP contribution in [0.25, 0.3) is 0 Å². The molecule has 0 atom stereocenters. The van der Waals surface area contributed by atoms with Gasteiger partial charge in [-0.3, -0.25) is 4.79 Å². The van der Waals surface area contributed by atoms with E-state index in [1.54, 1.807) is 12.1 Å². The van der Waals surface area contributed by atoms with Gasteiger partial charge < -0.3 is 16.0 Å². The van der Waals surface area contributed by atoms with Crippen LogP contribution in [0.3, 0.4) is 0 Å². The largest absolute Gasteiger partial charge is 0.381 e. The van der Waals surface area contributed by atoms with E-state index in [-0.39, 0.29) is 34.7 Å². The Bertz CT molecular complexity index is 927. The molecule has 8 heteroatoms. The number of benzene rings is 1. The van der Waals surface area contributed by atoms with Crippen molar-refractivity contribution in [1.29, 1.82) is 0 Å². The number of hydrogen-bond acceptors (Lipinski definition) is 5. The SMILES string of the molecule is O=C(NC1CCC(Nc2cccc3c2NC(C2CC2)=NS3(=O)=O)CC1)C1CC1. The molecular formula is C20H26N4O3S. The van der Waals surface area contributed by atoms with Crippen molar-refractivity contribution in [3.05, 3.63) is 18.2 Å². The number of carbonyl (C=O) groups is 1. The summed E-state index contributed by atoms with van der Waals surface area (Å²) in [6.07, 6.45) is 7.85. The Balaban J connectivity index is 1.27. The van der Waals surface area contributed by atoms with Crippen molar-refractivity contribution in [3.8, 4) is 0 Å². The highest BCUT2D eigenvalue weighted by molar-refractivity contribution is 7.90. The molecule has 1 aromatic rings. The first kappa shape index (κ1) is 18.0. The molecule has 1 aromatic carbocycles. The molecule has 3 N–H and O–H groups in total. The van der Waals surface area contributed by atoms with Gasteiger partial charge in [0.1, 0.15) is 10.7 Å². The second-order valence-corrected chi connectivity index (χ2v) is 10.1. The van der Waals surface area contributed by atoms with E-state index in [0.29, 0.717) is 11.5 Å². The standard InChI is InChI=1S/C20H26N4O3S/c25-20(13-6-7-13)22-15-10-8-14(9-11-15)21-16-2-1-3-17-18(16)23-19(12-4-5-12)24-28(17,26)27/h1-3,12-15,21H,4-11H2,(H,22,25)(H,23,24). The van der Waals surface area contributed by atoms with E-state index in [9.17, 15) is 13.2 Å². The molecule has 0 radical (unpaired) electrons. The van der Waals surface area contributed by atoms with Gasteiger partial charge in [0, 0.05) is 23.9 Å². The summed E-state index contributed by atoms with van der Waals surface area (Å²) in [7, 11) is -3.65. The van der Waals surface area contributed by atoms with Crippen LogP contribution in [0.15, 0.2) is 27.5 Å². The fraction of sp³-hybridized carbons (Fsp3) is 0.600. The summed E-state index contributed by atoms with van der Waals surface area (Å²) in [4.78, 5) is 12.2. The number of para-hydroxylation sites is 1. The molecule has 150 valence electrons. The van der Waals surface area contributed by atoms with Crippen LogP contribution in [0.4, 0.5) is 11.4 Å². The monoisotopic (exact) mass is 402 g/mol. The first-order valence-electron chi connectivity index (χ1n) is 10.3. The number of carbonyl (C=O) groups excluding carboxylic acids is 1. The van der Waals surface area contributed by atoms with E-state index in [2.05, 4.69) is 20.3 Å². The second-order valence-electron chi connectivity index (χ2n) is 8.51. The van der Waals surface area contributed by atoms with E-state index in [4.69, 9.17) is 0 Å². The number of fused-ring (bicyclic) bond motifs is 1. The topological polar surface area (TPSA) is 99.7 Å². The van der Waals surface area contributed by atoms with Gasteiger partial charge in [-0.2, -0.15) is 8.42 Å². The molecule has 1 amide bonds. The molecule has 0 spiro atoms. The molecule has 1 heterocycles. The minimum atomic E-state index is -3.65. The van der Waals surface area contributed by atoms with Crippen molar-refractivity contribution < 1.29 is 13.2 Å². The summed E-state index contributed by atoms with van der Waals surface area (Å²) in [6, 6.07) is 5.84. The Morgan fingerprint density at radius 2 is 1.71 bits per heavy atom. The Labute approximate surface area is 165 Å². The summed E-state index contributed by atoms with van der Waals surface area (Å²) in [5.41, 5.74) is 1.45. The lowest BCUT2D eigenvalue weighted by Crippen LogP contribution is -2.40. The molecule has 0 aromatic heterocycles. The van der Waals surface area contributed by atoms with E-state index in [1.807, 2.05) is 6.07 Å². The van der Waals surface area contributed by atoms with Crippen molar-refractivity contribution in [2.24, 2.45) is 16.2 Å². The van der Waals surface area contributed by atoms with Gasteiger partial charge in [-0.15, -0.1) is 4.40 Å². The van der Waals surface area contributed by atoms with E-state index in [1.165, 1.54) is 0 Å². The van der Waals surface area contributed by atoms with Crippen molar-refractivity contribution >= 4 is 33.1 Å². The minimum absolute atomic E-state index is 0.217. The summed E-state index contributed by atoms with van der Waals surface area (Å²) < 4.78 is 29.1. The summed E-state index contributed by atoms with van der Waals surface area (Å²) in [6.45, 7) is 0. The highest BCUT2D eigenvalue weighted by Gasteiger charge is 2.36. The van der Waals surface area contributed by atoms with E-state index in [0.717, 1.165) is 57.1 Å². The van der Waals surface area contributed by atoms with Crippen LogP contribution in [0.5, 0.6) is 0 Å². The maximum absolute atomic E-state index is 12.6. The van der Waals surface area contributed by atoms with Crippen LogP contribution in [0.2, 0.25) is 0 Å². The molecule has 0 bridgehead atoms. The normalized spacial score (nSPS) is 28.5. The van der Waals surface area contributed by atoms with Crippen LogP contribution in [-0.4, -0.2) is 32.2 Å². The average Bonchev–Trinajstić information content (AvgIpc) is 3.56. The van der Waals surface area contributed by atoms with Crippen molar-refractivity contribution in [2.45, 2.75) is 68.3 Å². The highest BCUT2D eigenvalue weighted by atomic mass is 32.2. The average molecular weight is 403 g/mol. The molecule has 0 saturated heterocycles. The van der Waals surface area contributed by atoms with Crippen molar-refractivity contribution in [3.63, 3.8) is 0 Å². The predicted octanol–water partition coefficient (Wildman–Crippen LogP) is 2.86. The molecule has 3 aliphatic carbocycles. The van der Waals surface area contributed by atoms with Crippen LogP contribution in [-0.2, 0) is 14.8 Å². The molecule has 7 nitrogen and oxygen atoms in total. The van der Waals surface area contributed by atoms with Gasteiger partial charge in [-0.05, 0) is 63.5 Å². The molecule has 3 fully saturated rings. The maximum Gasteiger partial charge on any atom is 0.286 e. The van der Waals surface area contributed by atoms with Gasteiger partial charge in [-0.1, -0.05) is 6.07 Å². The zero-order chi connectivity index (χ0) is 19.3. The Hall–Kier alpha value is -2.09. The number of sulfonamides is 1. The molecule has 4 aliphatic rings. The van der Waals surface area contributed by atoms with Gasteiger partial charge in [0.2, 0.25) is 5.91 Å². The molecule has 5 rings (SSSR count). The molecule has 0 unspecified atom stereocenters.